The molecule has 0 spiro atoms. The highest BCUT2D eigenvalue weighted by Gasteiger charge is 2.17. The van der Waals surface area contributed by atoms with Crippen LogP contribution in [0.25, 0.3) is 0 Å². The zero-order valence-electron chi connectivity index (χ0n) is 12.5. The SMILES string of the molecule is CCC(CC)C(=O)OCC(=O)Nc1ccc(SC(F)F)cc1. The number of carbonyl (C=O) groups excluding carboxylic acids is 2. The Hall–Kier alpha value is -1.63. The van der Waals surface area contributed by atoms with Gasteiger partial charge in [0.05, 0.1) is 5.92 Å². The van der Waals surface area contributed by atoms with Crippen LogP contribution in [0.4, 0.5) is 14.5 Å². The van der Waals surface area contributed by atoms with Gasteiger partial charge in [-0.3, -0.25) is 9.59 Å². The second kappa shape index (κ2) is 9.40. The number of ether oxygens (including phenoxy) is 1. The second-order valence-electron chi connectivity index (χ2n) is 4.57. The van der Waals surface area contributed by atoms with Gasteiger partial charge in [0, 0.05) is 10.6 Å². The highest BCUT2D eigenvalue weighted by molar-refractivity contribution is 7.99. The zero-order chi connectivity index (χ0) is 16.5. The summed E-state index contributed by atoms with van der Waals surface area (Å²) in [5.41, 5.74) is 0.460. The molecule has 0 saturated carbocycles. The number of halogens is 2. The normalized spacial score (nSPS) is 10.8. The fraction of sp³-hybridized carbons (Fsp3) is 0.467. The van der Waals surface area contributed by atoms with Crippen LogP contribution in [0.3, 0.4) is 0 Å². The molecule has 4 nitrogen and oxygen atoms in total. The monoisotopic (exact) mass is 331 g/mol. The summed E-state index contributed by atoms with van der Waals surface area (Å²) in [6, 6.07) is 6.02. The number of esters is 1. The molecule has 0 radical (unpaired) electrons. The van der Waals surface area contributed by atoms with Crippen LogP contribution in [0.15, 0.2) is 29.2 Å². The molecule has 1 N–H and O–H groups in total. The number of hydrogen-bond donors (Lipinski definition) is 1. The molecule has 122 valence electrons. The van der Waals surface area contributed by atoms with E-state index in [1.165, 1.54) is 24.3 Å². The van der Waals surface area contributed by atoms with E-state index in [1.54, 1.807) is 0 Å². The zero-order valence-corrected chi connectivity index (χ0v) is 13.3. The Kier molecular flexibility index (Phi) is 7.87. The van der Waals surface area contributed by atoms with Crippen LogP contribution in [0, 0.1) is 5.92 Å². The third kappa shape index (κ3) is 6.43. The summed E-state index contributed by atoms with van der Waals surface area (Å²) in [5.74, 6) is -3.53. The minimum atomic E-state index is -2.48. The van der Waals surface area contributed by atoms with Gasteiger partial charge >= 0.3 is 5.97 Å². The standard InChI is InChI=1S/C15H19F2NO3S/c1-3-10(4-2)14(20)21-9-13(19)18-11-5-7-12(8-6-11)22-15(16)17/h5-8,10,15H,3-4,9H2,1-2H3,(H,18,19). The van der Waals surface area contributed by atoms with Gasteiger partial charge < -0.3 is 10.1 Å². The Labute approximate surface area is 132 Å². The lowest BCUT2D eigenvalue weighted by molar-refractivity contribution is -0.151. The van der Waals surface area contributed by atoms with Crippen molar-refractivity contribution in [1.29, 1.82) is 0 Å². The lowest BCUT2D eigenvalue weighted by Crippen LogP contribution is -2.24. The van der Waals surface area contributed by atoms with Gasteiger partial charge in [0.25, 0.3) is 11.7 Å². The maximum atomic E-state index is 12.2. The molecular weight excluding hydrogens is 312 g/mol. The van der Waals surface area contributed by atoms with Gasteiger partial charge in [-0.2, -0.15) is 8.78 Å². The van der Waals surface area contributed by atoms with Crippen molar-refractivity contribution in [3.05, 3.63) is 24.3 Å². The minimum absolute atomic E-state index is 0.196. The van der Waals surface area contributed by atoms with Crippen molar-refractivity contribution >= 4 is 29.3 Å². The molecule has 22 heavy (non-hydrogen) atoms. The highest BCUT2D eigenvalue weighted by Crippen LogP contribution is 2.26. The molecular formula is C15H19F2NO3S. The smallest absolute Gasteiger partial charge is 0.309 e. The van der Waals surface area contributed by atoms with Gasteiger partial charge in [-0.15, -0.1) is 0 Å². The first-order chi connectivity index (χ1) is 10.5. The van der Waals surface area contributed by atoms with Crippen LogP contribution in [0.2, 0.25) is 0 Å². The van der Waals surface area contributed by atoms with Crippen LogP contribution < -0.4 is 5.32 Å². The number of thioether (sulfide) groups is 1. The van der Waals surface area contributed by atoms with Gasteiger partial charge in [0.2, 0.25) is 0 Å². The number of amides is 1. The third-order valence-electron chi connectivity index (χ3n) is 3.03. The van der Waals surface area contributed by atoms with E-state index in [0.29, 0.717) is 35.2 Å². The molecule has 0 aromatic heterocycles. The molecule has 7 heteroatoms. The fourth-order valence-corrected chi connectivity index (χ4v) is 2.29. The number of benzene rings is 1. The van der Waals surface area contributed by atoms with Crippen LogP contribution >= 0.6 is 11.8 Å². The van der Waals surface area contributed by atoms with Crippen molar-refractivity contribution in [3.8, 4) is 0 Å². The van der Waals surface area contributed by atoms with Crippen LogP contribution in [0.5, 0.6) is 0 Å². The van der Waals surface area contributed by atoms with E-state index in [2.05, 4.69) is 5.32 Å². The summed E-state index contributed by atoms with van der Waals surface area (Å²) in [5, 5.41) is 2.54. The van der Waals surface area contributed by atoms with Crippen molar-refractivity contribution in [1.82, 2.24) is 0 Å². The highest BCUT2D eigenvalue weighted by atomic mass is 32.2. The quantitative estimate of drug-likeness (QED) is 0.579. The number of hydrogen-bond acceptors (Lipinski definition) is 4. The number of alkyl halides is 2. The first-order valence-electron chi connectivity index (χ1n) is 6.97. The first-order valence-corrected chi connectivity index (χ1v) is 7.85. The summed E-state index contributed by atoms with van der Waals surface area (Å²) in [4.78, 5) is 23.7. The van der Waals surface area contributed by atoms with Crippen LogP contribution in [-0.4, -0.2) is 24.2 Å². The van der Waals surface area contributed by atoms with Gasteiger partial charge in [-0.25, -0.2) is 0 Å². The first kappa shape index (κ1) is 18.4. The van der Waals surface area contributed by atoms with E-state index in [-0.39, 0.29) is 18.5 Å². The Bertz CT molecular complexity index is 490. The van der Waals surface area contributed by atoms with Gasteiger partial charge in [-0.1, -0.05) is 25.6 Å². The predicted molar refractivity (Wildman–Crippen MR) is 82.0 cm³/mol. The van der Waals surface area contributed by atoms with Crippen molar-refractivity contribution in [2.75, 3.05) is 11.9 Å². The molecule has 0 aliphatic carbocycles. The molecule has 0 atom stereocenters. The molecule has 0 unspecified atom stereocenters. The van der Waals surface area contributed by atoms with Crippen molar-refractivity contribution in [3.63, 3.8) is 0 Å². The summed E-state index contributed by atoms with van der Waals surface area (Å²) < 4.78 is 29.3. The summed E-state index contributed by atoms with van der Waals surface area (Å²) >= 11 is 0.433. The van der Waals surface area contributed by atoms with Gasteiger partial charge in [-0.05, 0) is 37.1 Å². The summed E-state index contributed by atoms with van der Waals surface area (Å²) in [6.07, 6.45) is 1.33. The van der Waals surface area contributed by atoms with E-state index >= 15 is 0 Å². The van der Waals surface area contributed by atoms with E-state index in [9.17, 15) is 18.4 Å². The maximum absolute atomic E-state index is 12.2. The van der Waals surface area contributed by atoms with Crippen LogP contribution in [0.1, 0.15) is 26.7 Å². The molecule has 1 rings (SSSR count). The molecule has 0 saturated heterocycles. The predicted octanol–water partition coefficient (Wildman–Crippen LogP) is 3.92. The number of rotatable bonds is 8. The van der Waals surface area contributed by atoms with E-state index in [0.717, 1.165) is 0 Å². The van der Waals surface area contributed by atoms with Crippen molar-refractivity contribution in [2.24, 2.45) is 5.92 Å². The van der Waals surface area contributed by atoms with Crippen molar-refractivity contribution in [2.45, 2.75) is 37.3 Å². The molecule has 0 bridgehead atoms. The molecule has 0 heterocycles. The van der Waals surface area contributed by atoms with E-state index < -0.39 is 11.7 Å². The largest absolute Gasteiger partial charge is 0.455 e. The summed E-state index contributed by atoms with van der Waals surface area (Å²) in [7, 11) is 0. The van der Waals surface area contributed by atoms with Crippen LogP contribution in [-0.2, 0) is 14.3 Å². The summed E-state index contributed by atoms with van der Waals surface area (Å²) in [6.45, 7) is 3.41. The Morgan fingerprint density at radius 1 is 1.18 bits per heavy atom. The molecule has 1 aromatic rings. The van der Waals surface area contributed by atoms with Crippen molar-refractivity contribution < 1.29 is 23.1 Å². The molecule has 0 aliphatic heterocycles. The second-order valence-corrected chi connectivity index (χ2v) is 5.64. The maximum Gasteiger partial charge on any atom is 0.309 e. The van der Waals surface area contributed by atoms with Gasteiger partial charge in [0.15, 0.2) is 6.61 Å². The average Bonchev–Trinajstić information content (AvgIpc) is 2.48. The Morgan fingerprint density at radius 2 is 1.77 bits per heavy atom. The molecule has 0 aliphatic rings. The number of nitrogens with one attached hydrogen (secondary N) is 1. The van der Waals surface area contributed by atoms with E-state index in [4.69, 9.17) is 4.74 Å². The Morgan fingerprint density at radius 3 is 2.27 bits per heavy atom. The fourth-order valence-electron chi connectivity index (χ4n) is 1.79. The van der Waals surface area contributed by atoms with E-state index in [1.807, 2.05) is 13.8 Å². The van der Waals surface area contributed by atoms with Gasteiger partial charge in [0.1, 0.15) is 0 Å². The topological polar surface area (TPSA) is 55.4 Å². The lowest BCUT2D eigenvalue weighted by Gasteiger charge is -2.12. The Balaban J connectivity index is 2.43. The lowest BCUT2D eigenvalue weighted by atomic mass is 10.0. The third-order valence-corrected chi connectivity index (χ3v) is 3.75. The number of carbonyl (C=O) groups is 2. The minimum Gasteiger partial charge on any atom is -0.455 e. The number of anilines is 1. The molecule has 1 amide bonds. The molecule has 0 fully saturated rings. The average molecular weight is 331 g/mol. The molecule has 1 aromatic carbocycles.